The van der Waals surface area contributed by atoms with E-state index in [4.69, 9.17) is 19.8 Å². The Balaban J connectivity index is -0.0000000300. The summed E-state index contributed by atoms with van der Waals surface area (Å²) >= 11 is 0. The van der Waals surface area contributed by atoms with Crippen LogP contribution in [0.2, 0.25) is 0 Å². The first-order valence-corrected chi connectivity index (χ1v) is 1.82. The largest absolute Gasteiger partial charge is 2.00 e. The van der Waals surface area contributed by atoms with Crippen LogP contribution < -0.4 is 10.2 Å². The van der Waals surface area contributed by atoms with Crippen molar-refractivity contribution in [3.63, 3.8) is 0 Å². The van der Waals surface area contributed by atoms with Crippen LogP contribution in [0.5, 0.6) is 0 Å². The van der Waals surface area contributed by atoms with Crippen LogP contribution in [0.4, 0.5) is 0 Å². The van der Waals surface area contributed by atoms with Gasteiger partial charge in [0.2, 0.25) is 0 Å². The third kappa shape index (κ3) is 11500. The quantitative estimate of drug-likeness (QED) is 0.418. The summed E-state index contributed by atoms with van der Waals surface area (Å²) in [5.74, 6) is -2.17. The van der Waals surface area contributed by atoms with Crippen LogP contribution in [0.25, 0.3) is 0 Å². The second kappa shape index (κ2) is 15.9. The number of hydrogen-bond donors (Lipinski definition) is 0. The fraction of sp³-hybridized carbons (Fsp3) is 0.500. The molecule has 5 nitrogen and oxygen atoms in total. The molecule has 0 aromatic heterocycles. The molecule has 0 aromatic carbocycles. The van der Waals surface area contributed by atoms with Crippen LogP contribution in [-0.2, 0) is 36.9 Å². The van der Waals surface area contributed by atoms with E-state index in [0.29, 0.717) is 0 Å². The first-order valence-electron chi connectivity index (χ1n) is 1.82. The summed E-state index contributed by atoms with van der Waals surface area (Å²) in [5, 5.41) is 17.8. The van der Waals surface area contributed by atoms with Crippen LogP contribution in [0.1, 0.15) is 13.8 Å². The van der Waals surface area contributed by atoms with Gasteiger partial charge >= 0.3 is 27.3 Å². The molecule has 0 heterocycles. The van der Waals surface area contributed by atoms with E-state index in [2.05, 4.69) is 0 Å². The summed E-state index contributed by atoms with van der Waals surface area (Å²) in [6.45, 7) is 1.94. The Labute approximate surface area is 78.5 Å². The molecular formula is C4H8CdO5. The maximum atomic E-state index is 8.89. The van der Waals surface area contributed by atoms with Crippen LogP contribution in [0.15, 0.2) is 0 Å². The minimum atomic E-state index is -1.08. The molecule has 0 aromatic rings. The topological polar surface area (TPSA) is 112 Å². The van der Waals surface area contributed by atoms with Gasteiger partial charge < -0.3 is 25.3 Å². The molecule has 0 spiro atoms. The Hall–Kier alpha value is -0.178. The van der Waals surface area contributed by atoms with Gasteiger partial charge in [-0.2, -0.15) is 0 Å². The molecule has 0 aliphatic carbocycles. The molecule has 6 heteroatoms. The molecule has 0 radical (unpaired) electrons. The maximum Gasteiger partial charge on any atom is 2.00 e. The minimum absolute atomic E-state index is 0. The van der Waals surface area contributed by atoms with Gasteiger partial charge in [0.1, 0.15) is 0 Å². The number of carbonyl (C=O) groups excluding carboxylic acids is 2. The van der Waals surface area contributed by atoms with E-state index in [-0.39, 0.29) is 32.8 Å². The molecule has 0 rings (SSSR count). The zero-order valence-corrected chi connectivity index (χ0v) is 9.88. The molecule has 2 N–H and O–H groups in total. The number of carboxylic acid groups (broad SMARTS) is 2. The van der Waals surface area contributed by atoms with Gasteiger partial charge in [0, 0.05) is 11.9 Å². The van der Waals surface area contributed by atoms with Crippen molar-refractivity contribution in [2.75, 3.05) is 0 Å². The Morgan fingerprint density at radius 1 is 1.00 bits per heavy atom. The number of hydrogen-bond acceptors (Lipinski definition) is 4. The number of rotatable bonds is 0. The average molecular weight is 249 g/mol. The summed E-state index contributed by atoms with van der Waals surface area (Å²) in [4.78, 5) is 17.8. The van der Waals surface area contributed by atoms with Crippen molar-refractivity contribution in [1.29, 1.82) is 0 Å². The predicted molar refractivity (Wildman–Crippen MR) is 25.0 cm³/mol. The predicted octanol–water partition coefficient (Wildman–Crippen LogP) is -3.31. The van der Waals surface area contributed by atoms with Crippen molar-refractivity contribution >= 4 is 11.9 Å². The Morgan fingerprint density at radius 3 is 1.00 bits per heavy atom. The third-order valence-corrected chi connectivity index (χ3v) is 0. The van der Waals surface area contributed by atoms with Crippen molar-refractivity contribution in [3.05, 3.63) is 0 Å². The van der Waals surface area contributed by atoms with Gasteiger partial charge in [-0.3, -0.25) is 0 Å². The average Bonchev–Trinajstić information content (AvgIpc) is 1.25. The summed E-state index contributed by atoms with van der Waals surface area (Å²) in [7, 11) is 0. The van der Waals surface area contributed by atoms with E-state index in [1.807, 2.05) is 0 Å². The summed E-state index contributed by atoms with van der Waals surface area (Å²) in [5.41, 5.74) is 0. The van der Waals surface area contributed by atoms with Gasteiger partial charge in [-0.1, -0.05) is 0 Å². The fourth-order valence-electron chi connectivity index (χ4n) is 0. The normalized spacial score (nSPS) is 5.00. The monoisotopic (exact) mass is 250 g/mol. The minimum Gasteiger partial charge on any atom is -0.550 e. The Kier molecular flexibility index (Phi) is 35.9. The number of carboxylic acids is 2. The van der Waals surface area contributed by atoms with Crippen LogP contribution >= 0.6 is 0 Å². The van der Waals surface area contributed by atoms with E-state index < -0.39 is 11.9 Å². The second-order valence-corrected chi connectivity index (χ2v) is 0.983. The van der Waals surface area contributed by atoms with Gasteiger partial charge in [-0.05, 0) is 13.8 Å². The van der Waals surface area contributed by atoms with E-state index in [1.165, 1.54) is 0 Å². The third-order valence-electron chi connectivity index (χ3n) is 0. The molecule has 0 amide bonds. The molecule has 56 valence electrons. The van der Waals surface area contributed by atoms with E-state index in [9.17, 15) is 0 Å². The van der Waals surface area contributed by atoms with Gasteiger partial charge in [0.25, 0.3) is 0 Å². The van der Waals surface area contributed by atoms with Crippen molar-refractivity contribution in [1.82, 2.24) is 0 Å². The summed E-state index contributed by atoms with van der Waals surface area (Å²) in [6.07, 6.45) is 0. The van der Waals surface area contributed by atoms with Crippen LogP contribution in [0.3, 0.4) is 0 Å². The number of aliphatic carboxylic acids is 2. The van der Waals surface area contributed by atoms with E-state index >= 15 is 0 Å². The maximum absolute atomic E-state index is 8.89. The number of carbonyl (C=O) groups is 2. The zero-order chi connectivity index (χ0) is 7.15. The van der Waals surface area contributed by atoms with Gasteiger partial charge in [-0.25, -0.2) is 0 Å². The van der Waals surface area contributed by atoms with Crippen LogP contribution in [0, 0.1) is 0 Å². The molecular weight excluding hydrogens is 240 g/mol. The van der Waals surface area contributed by atoms with Crippen molar-refractivity contribution in [2.45, 2.75) is 13.8 Å². The summed E-state index contributed by atoms with van der Waals surface area (Å²) < 4.78 is 0. The molecule has 0 aliphatic rings. The first kappa shape index (κ1) is 22.6. The van der Waals surface area contributed by atoms with E-state index in [0.717, 1.165) is 13.8 Å². The summed E-state index contributed by atoms with van der Waals surface area (Å²) in [6, 6.07) is 0. The van der Waals surface area contributed by atoms with Gasteiger partial charge in [0.15, 0.2) is 0 Å². The first-order chi connectivity index (χ1) is 3.46. The van der Waals surface area contributed by atoms with E-state index in [1.54, 1.807) is 0 Å². The fourth-order valence-corrected chi connectivity index (χ4v) is 0. The molecule has 0 saturated carbocycles. The van der Waals surface area contributed by atoms with Crippen molar-refractivity contribution in [2.24, 2.45) is 0 Å². The Morgan fingerprint density at radius 2 is 1.00 bits per heavy atom. The van der Waals surface area contributed by atoms with Crippen molar-refractivity contribution < 1.29 is 52.6 Å². The van der Waals surface area contributed by atoms with Gasteiger partial charge in [0.05, 0.1) is 0 Å². The second-order valence-electron chi connectivity index (χ2n) is 0.983. The zero-order valence-electron chi connectivity index (χ0n) is 5.84. The standard InChI is InChI=1S/2C2H4O2.Cd.H2O/c2*1-2(3)4;;/h2*1H3,(H,3,4);;1H2/q;;+2;/p-2. The molecule has 10 heavy (non-hydrogen) atoms. The Bertz CT molecular complexity index is 71.6. The molecule has 0 fully saturated rings. The van der Waals surface area contributed by atoms with Crippen LogP contribution in [-0.4, -0.2) is 17.4 Å². The molecule has 0 aliphatic heterocycles. The molecule has 0 bridgehead atoms. The SMILES string of the molecule is CC(=O)[O-].CC(=O)[O-].O.[Cd+2]. The molecule has 0 atom stereocenters. The smallest absolute Gasteiger partial charge is 0.550 e. The van der Waals surface area contributed by atoms with Crippen molar-refractivity contribution in [3.8, 4) is 0 Å². The molecule has 0 unspecified atom stereocenters. The van der Waals surface area contributed by atoms with Gasteiger partial charge in [-0.15, -0.1) is 0 Å². The molecule has 0 saturated heterocycles.